The second-order valence-corrected chi connectivity index (χ2v) is 4.96. The van der Waals surface area contributed by atoms with Gasteiger partial charge in [0.2, 0.25) is 0 Å². The van der Waals surface area contributed by atoms with Crippen molar-refractivity contribution in [3.8, 4) is 0 Å². The third-order valence-corrected chi connectivity index (χ3v) is 3.48. The third kappa shape index (κ3) is 2.96. The smallest absolute Gasteiger partial charge is 0.0779 e. The van der Waals surface area contributed by atoms with Crippen molar-refractivity contribution in [1.29, 1.82) is 0 Å². The minimum atomic E-state index is -0.156. The topological polar surface area (TPSA) is 35.2 Å². The van der Waals surface area contributed by atoms with Crippen LogP contribution in [0.5, 0.6) is 0 Å². The number of ether oxygens (including phenoxy) is 1. The van der Waals surface area contributed by atoms with E-state index in [0.29, 0.717) is 5.92 Å². The Morgan fingerprint density at radius 1 is 1.29 bits per heavy atom. The lowest BCUT2D eigenvalue weighted by Gasteiger charge is -2.38. The fraction of sp³-hybridized carbons (Fsp3) is 1.00. The van der Waals surface area contributed by atoms with Crippen LogP contribution in [0.25, 0.3) is 0 Å². The summed E-state index contributed by atoms with van der Waals surface area (Å²) < 4.78 is 5.72. The van der Waals surface area contributed by atoms with Crippen LogP contribution in [0.2, 0.25) is 0 Å². The van der Waals surface area contributed by atoms with Crippen LogP contribution in [0.1, 0.15) is 52.9 Å². The molecule has 0 amide bonds. The van der Waals surface area contributed by atoms with Crippen molar-refractivity contribution in [3.63, 3.8) is 0 Å². The molecule has 1 saturated carbocycles. The van der Waals surface area contributed by atoms with Gasteiger partial charge in [0.15, 0.2) is 0 Å². The van der Waals surface area contributed by atoms with Gasteiger partial charge in [0.1, 0.15) is 0 Å². The van der Waals surface area contributed by atoms with E-state index in [1.165, 1.54) is 32.1 Å². The van der Waals surface area contributed by atoms with Gasteiger partial charge >= 0.3 is 0 Å². The fourth-order valence-electron chi connectivity index (χ4n) is 2.53. The van der Waals surface area contributed by atoms with E-state index in [2.05, 4.69) is 13.8 Å². The van der Waals surface area contributed by atoms with Crippen molar-refractivity contribution < 1.29 is 4.74 Å². The van der Waals surface area contributed by atoms with Crippen molar-refractivity contribution in [3.05, 3.63) is 0 Å². The van der Waals surface area contributed by atoms with Crippen LogP contribution in [0.4, 0.5) is 0 Å². The van der Waals surface area contributed by atoms with Gasteiger partial charge in [0.05, 0.1) is 5.60 Å². The predicted molar refractivity (Wildman–Crippen MR) is 60.3 cm³/mol. The SMILES string of the molecule is CCOC(C)(C)C(N)C1CCCCC1. The lowest BCUT2D eigenvalue weighted by Crippen LogP contribution is -2.50. The van der Waals surface area contributed by atoms with Gasteiger partial charge in [-0.25, -0.2) is 0 Å². The third-order valence-electron chi connectivity index (χ3n) is 3.48. The summed E-state index contributed by atoms with van der Waals surface area (Å²) in [6, 6.07) is 0.197. The maximum atomic E-state index is 6.29. The number of nitrogens with two attached hydrogens (primary N) is 1. The highest BCUT2D eigenvalue weighted by molar-refractivity contribution is 4.89. The molecule has 0 radical (unpaired) electrons. The second kappa shape index (κ2) is 5.13. The monoisotopic (exact) mass is 199 g/mol. The van der Waals surface area contributed by atoms with Crippen molar-refractivity contribution in [2.45, 2.75) is 64.5 Å². The molecule has 1 aliphatic rings. The summed E-state index contributed by atoms with van der Waals surface area (Å²) >= 11 is 0. The Labute approximate surface area is 88.2 Å². The normalized spacial score (nSPS) is 22.3. The van der Waals surface area contributed by atoms with E-state index in [4.69, 9.17) is 10.5 Å². The van der Waals surface area contributed by atoms with Crippen molar-refractivity contribution in [1.82, 2.24) is 0 Å². The van der Waals surface area contributed by atoms with Crippen molar-refractivity contribution in [2.75, 3.05) is 6.61 Å². The van der Waals surface area contributed by atoms with Gasteiger partial charge in [-0.2, -0.15) is 0 Å². The molecule has 84 valence electrons. The Bertz CT molecular complexity index is 162. The molecular formula is C12H25NO. The van der Waals surface area contributed by atoms with E-state index in [-0.39, 0.29) is 11.6 Å². The first kappa shape index (κ1) is 12.0. The molecular weight excluding hydrogens is 174 g/mol. The number of rotatable bonds is 4. The van der Waals surface area contributed by atoms with Crippen LogP contribution < -0.4 is 5.73 Å². The highest BCUT2D eigenvalue weighted by Gasteiger charge is 2.33. The molecule has 2 N–H and O–H groups in total. The highest BCUT2D eigenvalue weighted by Crippen LogP contribution is 2.31. The molecule has 1 aliphatic carbocycles. The molecule has 0 aliphatic heterocycles. The molecule has 0 heterocycles. The Balaban J connectivity index is 2.48. The van der Waals surface area contributed by atoms with Gasteiger partial charge in [-0.15, -0.1) is 0 Å². The van der Waals surface area contributed by atoms with Crippen molar-refractivity contribution >= 4 is 0 Å². The molecule has 2 nitrogen and oxygen atoms in total. The fourth-order valence-corrected chi connectivity index (χ4v) is 2.53. The standard InChI is InChI=1S/C12H25NO/c1-4-14-12(2,3)11(13)10-8-6-5-7-9-10/h10-11H,4-9,13H2,1-3H3. The summed E-state index contributed by atoms with van der Waals surface area (Å²) in [5.41, 5.74) is 6.13. The van der Waals surface area contributed by atoms with Crippen LogP contribution in [-0.4, -0.2) is 18.2 Å². The molecule has 0 aromatic heterocycles. The Morgan fingerprint density at radius 2 is 1.86 bits per heavy atom. The maximum Gasteiger partial charge on any atom is 0.0779 e. The summed E-state index contributed by atoms with van der Waals surface area (Å²) in [6.07, 6.45) is 6.66. The zero-order valence-corrected chi connectivity index (χ0v) is 9.88. The quantitative estimate of drug-likeness (QED) is 0.755. The molecule has 0 aromatic rings. The molecule has 2 heteroatoms. The van der Waals surface area contributed by atoms with E-state index in [0.717, 1.165) is 6.61 Å². The van der Waals surface area contributed by atoms with Gasteiger partial charge in [-0.05, 0) is 39.5 Å². The molecule has 14 heavy (non-hydrogen) atoms. The van der Waals surface area contributed by atoms with Gasteiger partial charge in [-0.1, -0.05) is 19.3 Å². The summed E-state index contributed by atoms with van der Waals surface area (Å²) in [5, 5.41) is 0. The first-order valence-corrected chi connectivity index (χ1v) is 5.97. The van der Waals surface area contributed by atoms with Crippen LogP contribution >= 0.6 is 0 Å². The average Bonchev–Trinajstić information content (AvgIpc) is 2.18. The molecule has 1 rings (SSSR count). The van der Waals surface area contributed by atoms with E-state index in [9.17, 15) is 0 Å². The summed E-state index contributed by atoms with van der Waals surface area (Å²) in [4.78, 5) is 0. The number of hydrogen-bond donors (Lipinski definition) is 1. The van der Waals surface area contributed by atoms with Crippen LogP contribution in [0, 0.1) is 5.92 Å². The predicted octanol–water partition coefficient (Wildman–Crippen LogP) is 2.71. The summed E-state index contributed by atoms with van der Waals surface area (Å²) in [5.74, 6) is 0.672. The van der Waals surface area contributed by atoms with E-state index >= 15 is 0 Å². The maximum absolute atomic E-state index is 6.29. The first-order chi connectivity index (χ1) is 6.58. The first-order valence-electron chi connectivity index (χ1n) is 5.97. The minimum Gasteiger partial charge on any atom is -0.374 e. The zero-order chi connectivity index (χ0) is 10.6. The molecule has 1 fully saturated rings. The van der Waals surface area contributed by atoms with Crippen LogP contribution in [0.15, 0.2) is 0 Å². The van der Waals surface area contributed by atoms with E-state index < -0.39 is 0 Å². The Hall–Kier alpha value is -0.0800. The van der Waals surface area contributed by atoms with Gasteiger partial charge < -0.3 is 10.5 Å². The Morgan fingerprint density at radius 3 is 2.36 bits per heavy atom. The molecule has 0 aromatic carbocycles. The number of hydrogen-bond acceptors (Lipinski definition) is 2. The van der Waals surface area contributed by atoms with Gasteiger partial charge in [0.25, 0.3) is 0 Å². The van der Waals surface area contributed by atoms with Gasteiger partial charge in [0, 0.05) is 12.6 Å². The minimum absolute atomic E-state index is 0.156. The van der Waals surface area contributed by atoms with Crippen LogP contribution in [0.3, 0.4) is 0 Å². The lowest BCUT2D eigenvalue weighted by atomic mass is 9.78. The highest BCUT2D eigenvalue weighted by atomic mass is 16.5. The summed E-state index contributed by atoms with van der Waals surface area (Å²) in [6.45, 7) is 7.04. The molecule has 0 saturated heterocycles. The lowest BCUT2D eigenvalue weighted by molar-refractivity contribution is -0.0462. The molecule has 1 atom stereocenters. The molecule has 0 spiro atoms. The van der Waals surface area contributed by atoms with E-state index in [1.807, 2.05) is 6.92 Å². The van der Waals surface area contributed by atoms with Gasteiger partial charge in [-0.3, -0.25) is 0 Å². The Kier molecular flexibility index (Phi) is 4.39. The summed E-state index contributed by atoms with van der Waals surface area (Å²) in [7, 11) is 0. The largest absolute Gasteiger partial charge is 0.374 e. The van der Waals surface area contributed by atoms with E-state index in [1.54, 1.807) is 0 Å². The second-order valence-electron chi connectivity index (χ2n) is 4.96. The average molecular weight is 199 g/mol. The van der Waals surface area contributed by atoms with Crippen LogP contribution in [-0.2, 0) is 4.74 Å². The molecule has 1 unspecified atom stereocenters. The van der Waals surface area contributed by atoms with Crippen molar-refractivity contribution in [2.24, 2.45) is 11.7 Å². The molecule has 0 bridgehead atoms. The zero-order valence-electron chi connectivity index (χ0n) is 9.88.